The Morgan fingerprint density at radius 3 is 2.62 bits per heavy atom. The fourth-order valence-electron chi connectivity index (χ4n) is 2.25. The van der Waals surface area contributed by atoms with Gasteiger partial charge in [0.2, 0.25) is 5.16 Å². The molecule has 2 aromatic carbocycles. The van der Waals surface area contributed by atoms with Crippen LogP contribution < -0.4 is 0 Å². The van der Waals surface area contributed by atoms with Gasteiger partial charge in [-0.3, -0.25) is 10.1 Å². The summed E-state index contributed by atoms with van der Waals surface area (Å²) >= 11 is 1.14. The van der Waals surface area contributed by atoms with Crippen LogP contribution in [0.2, 0.25) is 0 Å². The Morgan fingerprint density at radius 2 is 2.04 bits per heavy atom. The third-order valence-electron chi connectivity index (χ3n) is 3.35. The average molecular weight is 345 g/mol. The van der Waals surface area contributed by atoms with Crippen molar-refractivity contribution in [3.8, 4) is 0 Å². The molecule has 10 heteroatoms. The number of rotatable bonds is 4. The molecule has 0 amide bonds. The first-order chi connectivity index (χ1) is 11.5. The Morgan fingerprint density at radius 1 is 1.33 bits per heavy atom. The van der Waals surface area contributed by atoms with Crippen molar-refractivity contribution >= 4 is 34.2 Å². The highest BCUT2D eigenvalue weighted by Gasteiger charge is 2.24. The van der Waals surface area contributed by atoms with Gasteiger partial charge in [-0.05, 0) is 28.3 Å². The van der Waals surface area contributed by atoms with Gasteiger partial charge in [0.1, 0.15) is 0 Å². The number of nitrogens with zero attached hydrogens (tertiary/aromatic N) is 5. The van der Waals surface area contributed by atoms with Crippen molar-refractivity contribution < 1.29 is 14.5 Å². The monoisotopic (exact) mass is 345 g/mol. The molecule has 0 saturated carbocycles. The first-order valence-electron chi connectivity index (χ1n) is 6.71. The van der Waals surface area contributed by atoms with E-state index in [1.54, 1.807) is 31.3 Å². The van der Waals surface area contributed by atoms with Gasteiger partial charge in [-0.15, -0.1) is 5.10 Å². The number of benzene rings is 2. The number of aryl methyl sites for hydroxylation is 1. The molecule has 0 radical (unpaired) electrons. The molecular weight excluding hydrogens is 334 g/mol. The summed E-state index contributed by atoms with van der Waals surface area (Å²) in [5, 5.41) is 24.0. The molecule has 0 aliphatic carbocycles. The minimum Gasteiger partial charge on any atom is -0.465 e. The lowest BCUT2D eigenvalue weighted by Gasteiger charge is -2.11. The fourth-order valence-corrected chi connectivity index (χ4v) is 3.22. The van der Waals surface area contributed by atoms with Crippen molar-refractivity contribution in [2.75, 3.05) is 7.11 Å². The Hall–Kier alpha value is -3.01. The number of nitro groups is 1. The van der Waals surface area contributed by atoms with Crippen LogP contribution >= 0.6 is 11.8 Å². The highest BCUT2D eigenvalue weighted by atomic mass is 32.2. The lowest BCUT2D eigenvalue weighted by Crippen LogP contribution is -2.06. The van der Waals surface area contributed by atoms with Crippen LogP contribution in [0.15, 0.2) is 40.4 Å². The summed E-state index contributed by atoms with van der Waals surface area (Å²) in [5.41, 5.74) is -0.0673. The second-order valence-corrected chi connectivity index (χ2v) is 5.73. The normalized spacial score (nSPS) is 10.8. The minimum absolute atomic E-state index is 0.0934. The molecule has 24 heavy (non-hydrogen) atoms. The van der Waals surface area contributed by atoms with Crippen molar-refractivity contribution in [2.24, 2.45) is 7.05 Å². The Labute approximate surface area is 139 Å². The van der Waals surface area contributed by atoms with Crippen LogP contribution in [0.3, 0.4) is 0 Å². The molecule has 9 nitrogen and oxygen atoms in total. The number of methoxy groups -OCH3 is 1. The van der Waals surface area contributed by atoms with Gasteiger partial charge in [-0.2, -0.15) is 0 Å². The summed E-state index contributed by atoms with van der Waals surface area (Å²) in [5.74, 6) is -0.665. The number of fused-ring (bicyclic) bond motifs is 1. The van der Waals surface area contributed by atoms with Crippen molar-refractivity contribution in [1.29, 1.82) is 0 Å². The Balaban J connectivity index is 2.32. The van der Waals surface area contributed by atoms with Gasteiger partial charge in [0.15, 0.2) is 0 Å². The van der Waals surface area contributed by atoms with Crippen LogP contribution in [0, 0.1) is 10.1 Å². The number of hydrogen-bond acceptors (Lipinski definition) is 8. The van der Waals surface area contributed by atoms with E-state index in [-0.39, 0.29) is 11.3 Å². The van der Waals surface area contributed by atoms with Crippen LogP contribution in [-0.2, 0) is 11.8 Å². The molecule has 0 fully saturated rings. The summed E-state index contributed by atoms with van der Waals surface area (Å²) in [7, 11) is 2.88. The van der Waals surface area contributed by atoms with Crippen LogP contribution in [0.1, 0.15) is 10.4 Å². The predicted octanol–water partition coefficient (Wildman–Crippen LogP) is 2.21. The zero-order valence-electron chi connectivity index (χ0n) is 12.7. The van der Waals surface area contributed by atoms with E-state index < -0.39 is 10.9 Å². The first-order valence-corrected chi connectivity index (χ1v) is 7.53. The number of non-ortho nitro benzene ring substituents is 1. The number of hydrogen-bond donors (Lipinski definition) is 0. The van der Waals surface area contributed by atoms with Crippen molar-refractivity contribution in [3.05, 3.63) is 46.0 Å². The zero-order chi connectivity index (χ0) is 17.3. The number of esters is 1. The van der Waals surface area contributed by atoms with Crippen molar-refractivity contribution in [2.45, 2.75) is 10.1 Å². The third-order valence-corrected chi connectivity index (χ3v) is 4.52. The summed E-state index contributed by atoms with van der Waals surface area (Å²) in [4.78, 5) is 23.5. The molecule has 1 aromatic heterocycles. The largest absolute Gasteiger partial charge is 0.465 e. The van der Waals surface area contributed by atoms with Gasteiger partial charge < -0.3 is 4.74 Å². The van der Waals surface area contributed by atoms with Gasteiger partial charge in [0.05, 0.1) is 23.0 Å². The maximum Gasteiger partial charge on any atom is 0.339 e. The van der Waals surface area contributed by atoms with E-state index in [1.807, 2.05) is 0 Å². The predicted molar refractivity (Wildman–Crippen MR) is 84.9 cm³/mol. The number of carbonyl (C=O) groups is 1. The van der Waals surface area contributed by atoms with Gasteiger partial charge >= 0.3 is 5.97 Å². The Bertz CT molecular complexity index is 955. The van der Waals surface area contributed by atoms with E-state index in [0.29, 0.717) is 20.8 Å². The molecule has 0 aliphatic heterocycles. The number of tetrazole rings is 1. The van der Waals surface area contributed by atoms with Crippen LogP contribution in [-0.4, -0.2) is 38.2 Å². The summed E-state index contributed by atoms with van der Waals surface area (Å²) in [6.45, 7) is 0. The molecule has 0 saturated heterocycles. The lowest BCUT2D eigenvalue weighted by atomic mass is 10.0. The molecule has 0 unspecified atom stereocenters. The van der Waals surface area contributed by atoms with Crippen molar-refractivity contribution in [3.63, 3.8) is 0 Å². The minimum atomic E-state index is -0.665. The Kier molecular flexibility index (Phi) is 4.13. The smallest absolute Gasteiger partial charge is 0.339 e. The number of aromatic nitrogens is 4. The van der Waals surface area contributed by atoms with E-state index >= 15 is 0 Å². The molecule has 3 aromatic rings. The molecule has 122 valence electrons. The molecule has 0 spiro atoms. The summed E-state index contributed by atoms with van der Waals surface area (Å²) in [6.07, 6.45) is 0. The maximum absolute atomic E-state index is 12.1. The number of carbonyl (C=O) groups excluding carboxylic acids is 1. The fraction of sp³-hybridized carbons (Fsp3) is 0.143. The first kappa shape index (κ1) is 15.9. The van der Waals surface area contributed by atoms with Crippen LogP contribution in [0.4, 0.5) is 5.69 Å². The molecule has 1 heterocycles. The van der Waals surface area contributed by atoms with Crippen molar-refractivity contribution in [1.82, 2.24) is 20.2 Å². The van der Waals surface area contributed by atoms with E-state index in [9.17, 15) is 14.9 Å². The number of ether oxygens (including phenoxy) is 1. The van der Waals surface area contributed by atoms with E-state index in [2.05, 4.69) is 15.5 Å². The number of nitro benzene ring substituents is 1. The average Bonchev–Trinajstić information content (AvgIpc) is 2.99. The SMILES string of the molecule is COC(=O)c1cc([N+](=O)[O-])c2ccccc2c1Sc1nnnn1C. The molecular formula is C14H11N5O4S. The van der Waals surface area contributed by atoms with Crippen LogP contribution in [0.5, 0.6) is 0 Å². The lowest BCUT2D eigenvalue weighted by molar-refractivity contribution is -0.383. The molecule has 0 N–H and O–H groups in total. The topological polar surface area (TPSA) is 113 Å². The van der Waals surface area contributed by atoms with Crippen LogP contribution in [0.25, 0.3) is 10.8 Å². The van der Waals surface area contributed by atoms with Gasteiger partial charge in [-0.1, -0.05) is 18.2 Å². The van der Waals surface area contributed by atoms with E-state index in [1.165, 1.54) is 17.9 Å². The highest BCUT2D eigenvalue weighted by molar-refractivity contribution is 7.99. The molecule has 3 rings (SSSR count). The van der Waals surface area contributed by atoms with Gasteiger partial charge in [0, 0.05) is 23.4 Å². The molecule has 0 bridgehead atoms. The molecule has 0 atom stereocenters. The van der Waals surface area contributed by atoms with Gasteiger partial charge in [-0.25, -0.2) is 9.48 Å². The van der Waals surface area contributed by atoms with E-state index in [0.717, 1.165) is 11.8 Å². The van der Waals surface area contributed by atoms with Gasteiger partial charge in [0.25, 0.3) is 5.69 Å². The second kappa shape index (κ2) is 6.24. The summed E-state index contributed by atoms with van der Waals surface area (Å²) < 4.78 is 6.22. The van der Waals surface area contributed by atoms with E-state index in [4.69, 9.17) is 4.74 Å². The highest BCUT2D eigenvalue weighted by Crippen LogP contribution is 2.39. The third kappa shape index (κ3) is 2.67. The maximum atomic E-state index is 12.1. The quantitative estimate of drug-likeness (QED) is 0.402. The summed E-state index contributed by atoms with van der Waals surface area (Å²) in [6, 6.07) is 8.01. The second-order valence-electron chi connectivity index (χ2n) is 4.75. The zero-order valence-corrected chi connectivity index (χ0v) is 13.5. The standard InChI is InChI=1S/C14H11N5O4S/c1-18-14(15-16-17-18)24-12-9-6-4-3-5-8(9)11(19(21)22)7-10(12)13(20)23-2/h3-7H,1-2H3. The molecule has 0 aliphatic rings.